The molecule has 0 aromatic rings. The second-order valence-electron chi connectivity index (χ2n) is 4.30. The van der Waals surface area contributed by atoms with Gasteiger partial charge in [0.1, 0.15) is 0 Å². The predicted octanol–water partition coefficient (Wildman–Crippen LogP) is 4.81. The zero-order chi connectivity index (χ0) is 10.1. The average molecular weight is 182 g/mol. The van der Waals surface area contributed by atoms with E-state index in [4.69, 9.17) is 0 Å². The van der Waals surface area contributed by atoms with Gasteiger partial charge in [-0.3, -0.25) is 0 Å². The summed E-state index contributed by atoms with van der Waals surface area (Å²) in [4.78, 5) is 0. The Bertz CT molecular complexity index is 124. The molecule has 0 radical (unpaired) electrons. The molecule has 0 amide bonds. The van der Waals surface area contributed by atoms with Gasteiger partial charge in [-0.05, 0) is 24.7 Å². The quantitative estimate of drug-likeness (QED) is 0.496. The van der Waals surface area contributed by atoms with Crippen LogP contribution in [0.1, 0.15) is 59.8 Å². The molecule has 0 saturated heterocycles. The molecule has 2 atom stereocenters. The summed E-state index contributed by atoms with van der Waals surface area (Å²) in [5.41, 5.74) is 0. The Morgan fingerprint density at radius 3 is 2.38 bits per heavy atom. The molecule has 0 N–H and O–H groups in total. The molecule has 0 saturated carbocycles. The summed E-state index contributed by atoms with van der Waals surface area (Å²) in [7, 11) is 0. The van der Waals surface area contributed by atoms with E-state index in [0.29, 0.717) is 0 Å². The molecule has 0 heterocycles. The number of rotatable bonds is 7. The summed E-state index contributed by atoms with van der Waals surface area (Å²) in [6.07, 6.45) is 11.3. The second kappa shape index (κ2) is 8.34. The van der Waals surface area contributed by atoms with Crippen LogP contribution >= 0.6 is 0 Å². The topological polar surface area (TPSA) is 0 Å². The molecule has 0 bridgehead atoms. The molecule has 0 aromatic heterocycles. The molecule has 0 heteroatoms. The zero-order valence-electron chi connectivity index (χ0n) is 9.84. The minimum atomic E-state index is 0.770. The standard InChI is InChI=1S/C13H26/c1-5-7-9-12(3)11-13(4)10-8-6-2/h7,9,12-13H,5-6,8,10-11H2,1-4H3. The average Bonchev–Trinajstić information content (AvgIpc) is 2.11. The fourth-order valence-corrected chi connectivity index (χ4v) is 1.75. The molecule has 2 unspecified atom stereocenters. The molecular weight excluding hydrogens is 156 g/mol. The van der Waals surface area contributed by atoms with E-state index in [-0.39, 0.29) is 0 Å². The van der Waals surface area contributed by atoms with Gasteiger partial charge in [0.15, 0.2) is 0 Å². The molecule has 0 aliphatic carbocycles. The summed E-state index contributed by atoms with van der Waals surface area (Å²) in [6, 6.07) is 0. The maximum atomic E-state index is 2.38. The van der Waals surface area contributed by atoms with Crippen molar-refractivity contribution in [3.8, 4) is 0 Å². The minimum Gasteiger partial charge on any atom is -0.0885 e. The lowest BCUT2D eigenvalue weighted by Gasteiger charge is -2.13. The summed E-state index contributed by atoms with van der Waals surface area (Å²) >= 11 is 0. The summed E-state index contributed by atoms with van der Waals surface area (Å²) in [5.74, 6) is 1.67. The van der Waals surface area contributed by atoms with Crippen molar-refractivity contribution in [2.75, 3.05) is 0 Å². The van der Waals surface area contributed by atoms with Crippen LogP contribution in [0, 0.1) is 11.8 Å². The van der Waals surface area contributed by atoms with E-state index in [1.807, 2.05) is 0 Å². The largest absolute Gasteiger partial charge is 0.0885 e. The van der Waals surface area contributed by atoms with E-state index in [2.05, 4.69) is 39.8 Å². The third kappa shape index (κ3) is 8.08. The van der Waals surface area contributed by atoms with Gasteiger partial charge in [0, 0.05) is 0 Å². The van der Waals surface area contributed by atoms with E-state index >= 15 is 0 Å². The summed E-state index contributed by atoms with van der Waals surface area (Å²) in [5, 5.41) is 0. The van der Waals surface area contributed by atoms with Gasteiger partial charge in [0.2, 0.25) is 0 Å². The molecule has 78 valence electrons. The van der Waals surface area contributed by atoms with E-state index in [9.17, 15) is 0 Å². The first-order valence-corrected chi connectivity index (χ1v) is 5.87. The molecule has 0 rings (SSSR count). The Labute approximate surface area is 84.4 Å². The minimum absolute atomic E-state index is 0.770. The molecule has 0 aromatic carbocycles. The van der Waals surface area contributed by atoms with E-state index < -0.39 is 0 Å². The normalized spacial score (nSPS) is 16.3. The number of unbranched alkanes of at least 4 members (excludes halogenated alkanes) is 1. The number of hydrogen-bond donors (Lipinski definition) is 0. The van der Waals surface area contributed by atoms with Gasteiger partial charge in [0.05, 0.1) is 0 Å². The van der Waals surface area contributed by atoms with Crippen LogP contribution in [0.5, 0.6) is 0 Å². The third-order valence-corrected chi connectivity index (χ3v) is 2.52. The summed E-state index contributed by atoms with van der Waals surface area (Å²) in [6.45, 7) is 9.18. The first-order valence-electron chi connectivity index (χ1n) is 5.87. The van der Waals surface area contributed by atoms with Crippen molar-refractivity contribution in [2.45, 2.75) is 59.8 Å². The Balaban J connectivity index is 3.52. The zero-order valence-corrected chi connectivity index (χ0v) is 9.84. The highest BCUT2D eigenvalue weighted by atomic mass is 14.1. The molecule has 13 heavy (non-hydrogen) atoms. The summed E-state index contributed by atoms with van der Waals surface area (Å²) < 4.78 is 0. The maximum Gasteiger partial charge on any atom is -0.0259 e. The monoisotopic (exact) mass is 182 g/mol. The van der Waals surface area contributed by atoms with Crippen molar-refractivity contribution in [1.29, 1.82) is 0 Å². The van der Waals surface area contributed by atoms with Crippen LogP contribution < -0.4 is 0 Å². The highest BCUT2D eigenvalue weighted by Gasteiger charge is 2.05. The van der Waals surface area contributed by atoms with Crippen LogP contribution in [0.15, 0.2) is 12.2 Å². The van der Waals surface area contributed by atoms with Gasteiger partial charge in [-0.1, -0.05) is 59.1 Å². The van der Waals surface area contributed by atoms with Crippen molar-refractivity contribution in [2.24, 2.45) is 11.8 Å². The van der Waals surface area contributed by atoms with E-state index in [1.165, 1.54) is 32.1 Å². The highest BCUT2D eigenvalue weighted by molar-refractivity contribution is 4.85. The molecule has 0 spiro atoms. The first kappa shape index (κ1) is 12.7. The van der Waals surface area contributed by atoms with Gasteiger partial charge >= 0.3 is 0 Å². The fraction of sp³-hybridized carbons (Fsp3) is 0.846. The SMILES string of the molecule is CCC=CC(C)CC(C)CCCC. The Kier molecular flexibility index (Phi) is 8.18. The number of allylic oxidation sites excluding steroid dienone is 2. The van der Waals surface area contributed by atoms with Crippen LogP contribution in [0.4, 0.5) is 0 Å². The molecule has 0 nitrogen and oxygen atoms in total. The van der Waals surface area contributed by atoms with Gasteiger partial charge in [0.25, 0.3) is 0 Å². The van der Waals surface area contributed by atoms with E-state index in [0.717, 1.165) is 11.8 Å². The maximum absolute atomic E-state index is 2.38. The second-order valence-corrected chi connectivity index (χ2v) is 4.30. The van der Waals surface area contributed by atoms with Crippen LogP contribution in [0.3, 0.4) is 0 Å². The van der Waals surface area contributed by atoms with Crippen molar-refractivity contribution < 1.29 is 0 Å². The molecule has 0 aliphatic heterocycles. The van der Waals surface area contributed by atoms with Gasteiger partial charge in [-0.15, -0.1) is 0 Å². The molecular formula is C13H26. The van der Waals surface area contributed by atoms with Crippen molar-refractivity contribution in [1.82, 2.24) is 0 Å². The lowest BCUT2D eigenvalue weighted by molar-refractivity contribution is 0.424. The lowest BCUT2D eigenvalue weighted by atomic mass is 9.93. The fourth-order valence-electron chi connectivity index (χ4n) is 1.75. The Morgan fingerprint density at radius 2 is 1.85 bits per heavy atom. The Morgan fingerprint density at radius 1 is 1.15 bits per heavy atom. The highest BCUT2D eigenvalue weighted by Crippen LogP contribution is 2.18. The van der Waals surface area contributed by atoms with Gasteiger partial charge in [-0.2, -0.15) is 0 Å². The van der Waals surface area contributed by atoms with Crippen molar-refractivity contribution in [3.63, 3.8) is 0 Å². The van der Waals surface area contributed by atoms with Gasteiger partial charge in [-0.25, -0.2) is 0 Å². The van der Waals surface area contributed by atoms with E-state index in [1.54, 1.807) is 0 Å². The van der Waals surface area contributed by atoms with Crippen LogP contribution in [-0.2, 0) is 0 Å². The smallest absolute Gasteiger partial charge is 0.0259 e. The van der Waals surface area contributed by atoms with Crippen LogP contribution in [0.2, 0.25) is 0 Å². The van der Waals surface area contributed by atoms with Crippen LogP contribution in [-0.4, -0.2) is 0 Å². The predicted molar refractivity (Wildman–Crippen MR) is 61.9 cm³/mol. The first-order chi connectivity index (χ1) is 6.20. The van der Waals surface area contributed by atoms with Crippen molar-refractivity contribution >= 4 is 0 Å². The van der Waals surface area contributed by atoms with Crippen LogP contribution in [0.25, 0.3) is 0 Å². The number of hydrogen-bond acceptors (Lipinski definition) is 0. The van der Waals surface area contributed by atoms with Crippen molar-refractivity contribution in [3.05, 3.63) is 12.2 Å². The molecule has 0 aliphatic rings. The van der Waals surface area contributed by atoms with Gasteiger partial charge < -0.3 is 0 Å². The Hall–Kier alpha value is -0.260. The molecule has 0 fully saturated rings. The lowest BCUT2D eigenvalue weighted by Crippen LogP contribution is -2.00. The third-order valence-electron chi connectivity index (χ3n) is 2.52.